The lowest BCUT2D eigenvalue weighted by Gasteiger charge is -2.11. The molecule has 0 saturated heterocycles. The number of carbonyl (C=O) groups is 3. The number of aromatic nitrogens is 1. The van der Waals surface area contributed by atoms with E-state index in [0.29, 0.717) is 28.3 Å². The van der Waals surface area contributed by atoms with Crippen molar-refractivity contribution in [2.75, 3.05) is 20.3 Å². The number of aryl methyl sites for hydroxylation is 1. The Morgan fingerprint density at radius 1 is 1.07 bits per heavy atom. The maximum atomic E-state index is 12.3. The van der Waals surface area contributed by atoms with Crippen LogP contribution in [0.4, 0.5) is 0 Å². The van der Waals surface area contributed by atoms with Crippen LogP contribution in [-0.2, 0) is 9.53 Å². The average Bonchev–Trinajstić information content (AvgIpc) is 2.99. The van der Waals surface area contributed by atoms with E-state index in [4.69, 9.17) is 14.2 Å². The second kappa shape index (κ2) is 9.45. The number of benzene rings is 1. The van der Waals surface area contributed by atoms with E-state index in [1.165, 1.54) is 7.11 Å². The minimum atomic E-state index is -0.596. The number of ether oxygens (including phenoxy) is 3. The Bertz CT molecular complexity index is 875. The van der Waals surface area contributed by atoms with Gasteiger partial charge in [0, 0.05) is 5.69 Å². The number of hydrazine groups is 1. The summed E-state index contributed by atoms with van der Waals surface area (Å²) in [6.07, 6.45) is 0. The number of hydrogen-bond donors (Lipinski definition) is 3. The Labute approximate surface area is 162 Å². The van der Waals surface area contributed by atoms with E-state index in [1.54, 1.807) is 45.0 Å². The molecule has 9 nitrogen and oxygen atoms in total. The molecule has 28 heavy (non-hydrogen) atoms. The van der Waals surface area contributed by atoms with Crippen LogP contribution >= 0.6 is 0 Å². The SMILES string of the molecule is CCOC(=O)c1c(C)[nH]c(C(=O)NNC(=O)COc2ccccc2OC)c1C. The van der Waals surface area contributed by atoms with Crippen molar-refractivity contribution in [3.8, 4) is 11.5 Å². The number of carbonyl (C=O) groups excluding carboxylic acids is 3. The summed E-state index contributed by atoms with van der Waals surface area (Å²) in [5.41, 5.74) is 5.95. The number of nitrogens with one attached hydrogen (secondary N) is 3. The highest BCUT2D eigenvalue weighted by molar-refractivity contribution is 6.01. The van der Waals surface area contributed by atoms with Crippen molar-refractivity contribution in [2.24, 2.45) is 0 Å². The molecule has 2 rings (SSSR count). The Morgan fingerprint density at radius 3 is 2.39 bits per heavy atom. The normalized spacial score (nSPS) is 10.1. The molecule has 0 spiro atoms. The van der Waals surface area contributed by atoms with Gasteiger partial charge in [-0.15, -0.1) is 0 Å². The lowest BCUT2D eigenvalue weighted by Crippen LogP contribution is -2.44. The van der Waals surface area contributed by atoms with Crippen molar-refractivity contribution in [1.29, 1.82) is 0 Å². The van der Waals surface area contributed by atoms with Gasteiger partial charge in [0.15, 0.2) is 18.1 Å². The van der Waals surface area contributed by atoms with Crippen LogP contribution in [0.5, 0.6) is 11.5 Å². The van der Waals surface area contributed by atoms with Gasteiger partial charge in [0.1, 0.15) is 5.69 Å². The fourth-order valence-corrected chi connectivity index (χ4v) is 2.59. The lowest BCUT2D eigenvalue weighted by atomic mass is 10.1. The summed E-state index contributed by atoms with van der Waals surface area (Å²) in [4.78, 5) is 39.1. The number of para-hydroxylation sites is 2. The molecule has 150 valence electrons. The molecule has 0 fully saturated rings. The number of H-pyrrole nitrogens is 1. The van der Waals surface area contributed by atoms with Gasteiger partial charge in [0.2, 0.25) is 0 Å². The van der Waals surface area contributed by atoms with Crippen LogP contribution in [0.3, 0.4) is 0 Å². The molecular weight excluding hydrogens is 366 g/mol. The summed E-state index contributed by atoms with van der Waals surface area (Å²) in [5, 5.41) is 0. The Morgan fingerprint density at radius 2 is 1.75 bits per heavy atom. The summed E-state index contributed by atoms with van der Waals surface area (Å²) < 4.78 is 15.5. The third kappa shape index (κ3) is 4.81. The first kappa shape index (κ1) is 20.8. The van der Waals surface area contributed by atoms with Gasteiger partial charge in [-0.1, -0.05) is 12.1 Å². The zero-order valence-electron chi connectivity index (χ0n) is 16.2. The van der Waals surface area contributed by atoms with Crippen LogP contribution in [-0.4, -0.2) is 43.1 Å². The predicted octanol–water partition coefficient (Wildman–Crippen LogP) is 1.66. The number of esters is 1. The molecule has 0 aliphatic rings. The van der Waals surface area contributed by atoms with E-state index in [1.807, 2.05) is 0 Å². The second-order valence-corrected chi connectivity index (χ2v) is 5.79. The van der Waals surface area contributed by atoms with Gasteiger partial charge in [-0.2, -0.15) is 0 Å². The van der Waals surface area contributed by atoms with Crippen LogP contribution in [0.15, 0.2) is 24.3 Å². The monoisotopic (exact) mass is 389 g/mol. The van der Waals surface area contributed by atoms with Gasteiger partial charge >= 0.3 is 5.97 Å². The molecule has 0 aliphatic carbocycles. The number of amides is 2. The first-order valence-corrected chi connectivity index (χ1v) is 8.60. The molecule has 1 aromatic carbocycles. The topological polar surface area (TPSA) is 119 Å². The van der Waals surface area contributed by atoms with Gasteiger partial charge in [-0.05, 0) is 38.5 Å². The molecule has 1 heterocycles. The van der Waals surface area contributed by atoms with Crippen LogP contribution in [0.2, 0.25) is 0 Å². The summed E-state index contributed by atoms with van der Waals surface area (Å²) in [6, 6.07) is 6.88. The van der Waals surface area contributed by atoms with E-state index >= 15 is 0 Å². The third-order valence-corrected chi connectivity index (χ3v) is 3.89. The molecule has 0 radical (unpaired) electrons. The van der Waals surface area contributed by atoms with E-state index in [0.717, 1.165) is 0 Å². The molecule has 2 amide bonds. The highest BCUT2D eigenvalue weighted by Crippen LogP contribution is 2.25. The number of hydrogen-bond acceptors (Lipinski definition) is 6. The fraction of sp³-hybridized carbons (Fsp3) is 0.316. The minimum Gasteiger partial charge on any atom is -0.493 e. The molecule has 0 atom stereocenters. The standard InChI is InChI=1S/C19H23N3O6/c1-5-27-19(25)16-11(2)17(20-12(16)3)18(24)22-21-15(23)10-28-14-9-7-6-8-13(14)26-4/h6-9,20H,5,10H2,1-4H3,(H,21,23)(H,22,24). The zero-order valence-corrected chi connectivity index (χ0v) is 16.2. The van der Waals surface area contributed by atoms with Crippen LogP contribution in [0, 0.1) is 13.8 Å². The van der Waals surface area contributed by atoms with Crippen molar-refractivity contribution >= 4 is 17.8 Å². The summed E-state index contributed by atoms with van der Waals surface area (Å²) in [5.74, 6) is -0.778. The summed E-state index contributed by atoms with van der Waals surface area (Å²) in [6.45, 7) is 4.89. The number of rotatable bonds is 7. The number of methoxy groups -OCH3 is 1. The molecule has 0 aliphatic heterocycles. The fourth-order valence-electron chi connectivity index (χ4n) is 2.59. The van der Waals surface area contributed by atoms with E-state index in [9.17, 15) is 14.4 Å². The van der Waals surface area contributed by atoms with E-state index in [-0.39, 0.29) is 18.9 Å². The van der Waals surface area contributed by atoms with Gasteiger partial charge in [-0.3, -0.25) is 20.4 Å². The largest absolute Gasteiger partial charge is 0.493 e. The first-order chi connectivity index (χ1) is 13.4. The lowest BCUT2D eigenvalue weighted by molar-refractivity contribution is -0.123. The second-order valence-electron chi connectivity index (χ2n) is 5.79. The first-order valence-electron chi connectivity index (χ1n) is 8.60. The number of aromatic amines is 1. The van der Waals surface area contributed by atoms with Crippen molar-refractivity contribution in [3.63, 3.8) is 0 Å². The Kier molecular flexibility index (Phi) is 7.02. The molecular formula is C19H23N3O6. The maximum absolute atomic E-state index is 12.3. The van der Waals surface area contributed by atoms with Gasteiger partial charge in [0.25, 0.3) is 11.8 Å². The highest BCUT2D eigenvalue weighted by atomic mass is 16.5. The van der Waals surface area contributed by atoms with Gasteiger partial charge in [0.05, 0.1) is 19.3 Å². The quantitative estimate of drug-likeness (QED) is 0.489. The predicted molar refractivity (Wildman–Crippen MR) is 100 cm³/mol. The van der Waals surface area contributed by atoms with E-state index < -0.39 is 17.8 Å². The minimum absolute atomic E-state index is 0.159. The van der Waals surface area contributed by atoms with Crippen molar-refractivity contribution in [2.45, 2.75) is 20.8 Å². The molecule has 0 saturated carbocycles. The summed E-state index contributed by atoms with van der Waals surface area (Å²) >= 11 is 0. The molecule has 1 aromatic heterocycles. The Hall–Kier alpha value is -3.49. The molecule has 0 bridgehead atoms. The molecule has 9 heteroatoms. The highest BCUT2D eigenvalue weighted by Gasteiger charge is 2.23. The molecule has 2 aromatic rings. The molecule has 3 N–H and O–H groups in total. The van der Waals surface area contributed by atoms with Crippen molar-refractivity contribution in [3.05, 3.63) is 46.8 Å². The van der Waals surface area contributed by atoms with E-state index in [2.05, 4.69) is 15.8 Å². The zero-order chi connectivity index (χ0) is 20.7. The van der Waals surface area contributed by atoms with Crippen molar-refractivity contribution < 1.29 is 28.6 Å². The van der Waals surface area contributed by atoms with Crippen molar-refractivity contribution in [1.82, 2.24) is 15.8 Å². The molecule has 0 unspecified atom stereocenters. The van der Waals surface area contributed by atoms with Gasteiger partial charge < -0.3 is 19.2 Å². The van der Waals surface area contributed by atoms with Crippen LogP contribution < -0.4 is 20.3 Å². The Balaban J connectivity index is 1.94. The third-order valence-electron chi connectivity index (χ3n) is 3.89. The smallest absolute Gasteiger partial charge is 0.340 e. The average molecular weight is 389 g/mol. The van der Waals surface area contributed by atoms with Crippen LogP contribution in [0.1, 0.15) is 39.0 Å². The summed E-state index contributed by atoms with van der Waals surface area (Å²) in [7, 11) is 1.49. The van der Waals surface area contributed by atoms with Gasteiger partial charge in [-0.25, -0.2) is 4.79 Å². The maximum Gasteiger partial charge on any atom is 0.340 e. The van der Waals surface area contributed by atoms with Crippen LogP contribution in [0.25, 0.3) is 0 Å².